The molecule has 2 fully saturated rings. The van der Waals surface area contributed by atoms with Gasteiger partial charge in [0.1, 0.15) is 0 Å². The molecule has 0 radical (unpaired) electrons. The zero-order valence-corrected chi connectivity index (χ0v) is 8.54. The van der Waals surface area contributed by atoms with Crippen LogP contribution in [0.15, 0.2) is 0 Å². The second-order valence-corrected chi connectivity index (χ2v) is 4.28. The molecular weight excluding hydrogens is 178 g/mol. The predicted molar refractivity (Wildman–Crippen MR) is 54.8 cm³/mol. The minimum absolute atomic E-state index is 0.0260. The molecule has 0 aromatic heterocycles. The summed E-state index contributed by atoms with van der Waals surface area (Å²) in [6, 6.07) is 0.606. The van der Waals surface area contributed by atoms with E-state index in [9.17, 15) is 4.79 Å². The van der Waals surface area contributed by atoms with Gasteiger partial charge in [-0.3, -0.25) is 9.69 Å². The Morgan fingerprint density at radius 1 is 1.29 bits per heavy atom. The van der Waals surface area contributed by atoms with Crippen LogP contribution in [0.25, 0.3) is 0 Å². The van der Waals surface area contributed by atoms with Crippen molar-refractivity contribution >= 4 is 5.91 Å². The first kappa shape index (κ1) is 9.93. The number of nitrogens with two attached hydrogens (primary N) is 1. The molecule has 2 rings (SSSR count). The van der Waals surface area contributed by atoms with E-state index in [4.69, 9.17) is 5.73 Å². The Kier molecular flexibility index (Phi) is 3.03. The van der Waals surface area contributed by atoms with Gasteiger partial charge in [-0.1, -0.05) is 0 Å². The van der Waals surface area contributed by atoms with Crippen molar-refractivity contribution in [2.45, 2.75) is 37.8 Å². The SMILES string of the molecule is NC(=O)C1CCN1C1CCCNCC1. The quantitative estimate of drug-likeness (QED) is 0.638. The average Bonchev–Trinajstić information content (AvgIpc) is 2.29. The normalized spacial score (nSPS) is 34.6. The molecule has 2 aliphatic heterocycles. The van der Waals surface area contributed by atoms with E-state index in [0.717, 1.165) is 32.5 Å². The van der Waals surface area contributed by atoms with E-state index in [-0.39, 0.29) is 11.9 Å². The summed E-state index contributed by atoms with van der Waals surface area (Å²) in [5, 5.41) is 3.38. The van der Waals surface area contributed by atoms with E-state index in [1.54, 1.807) is 0 Å². The lowest BCUT2D eigenvalue weighted by molar-refractivity contribution is -0.129. The van der Waals surface area contributed by atoms with Gasteiger partial charge in [0, 0.05) is 12.6 Å². The van der Waals surface area contributed by atoms with Crippen molar-refractivity contribution in [1.29, 1.82) is 0 Å². The van der Waals surface area contributed by atoms with E-state index in [1.165, 1.54) is 12.8 Å². The van der Waals surface area contributed by atoms with Crippen molar-refractivity contribution < 1.29 is 4.79 Å². The molecule has 0 aromatic carbocycles. The van der Waals surface area contributed by atoms with Crippen LogP contribution in [0.2, 0.25) is 0 Å². The number of hydrogen-bond acceptors (Lipinski definition) is 3. The maximum atomic E-state index is 11.1. The largest absolute Gasteiger partial charge is 0.368 e. The van der Waals surface area contributed by atoms with Crippen LogP contribution in [0.3, 0.4) is 0 Å². The predicted octanol–water partition coefficient (Wildman–Crippen LogP) is -0.312. The Labute approximate surface area is 84.8 Å². The third kappa shape index (κ3) is 1.91. The molecule has 0 spiro atoms. The Bertz CT molecular complexity index is 211. The molecule has 0 bridgehead atoms. The highest BCUT2D eigenvalue weighted by atomic mass is 16.1. The fourth-order valence-corrected chi connectivity index (χ4v) is 2.48. The van der Waals surface area contributed by atoms with Crippen molar-refractivity contribution in [1.82, 2.24) is 10.2 Å². The Balaban J connectivity index is 1.90. The number of likely N-dealkylation sites (tertiary alicyclic amines) is 1. The Morgan fingerprint density at radius 3 is 2.79 bits per heavy atom. The molecule has 14 heavy (non-hydrogen) atoms. The van der Waals surface area contributed by atoms with Crippen LogP contribution in [0.5, 0.6) is 0 Å². The van der Waals surface area contributed by atoms with Gasteiger partial charge in [0.15, 0.2) is 0 Å². The van der Waals surface area contributed by atoms with Gasteiger partial charge >= 0.3 is 0 Å². The molecule has 2 aliphatic rings. The maximum Gasteiger partial charge on any atom is 0.234 e. The molecule has 0 aliphatic carbocycles. The van der Waals surface area contributed by atoms with E-state index < -0.39 is 0 Å². The fourth-order valence-electron chi connectivity index (χ4n) is 2.48. The Hall–Kier alpha value is -0.610. The summed E-state index contributed by atoms with van der Waals surface area (Å²) in [6.07, 6.45) is 4.53. The molecule has 0 saturated carbocycles. The number of hydrogen-bond donors (Lipinski definition) is 2. The number of primary amides is 1. The lowest BCUT2D eigenvalue weighted by Gasteiger charge is -2.44. The van der Waals surface area contributed by atoms with Gasteiger partial charge in [0.05, 0.1) is 6.04 Å². The Morgan fingerprint density at radius 2 is 2.14 bits per heavy atom. The molecule has 3 N–H and O–H groups in total. The van der Waals surface area contributed by atoms with Crippen molar-refractivity contribution in [3.8, 4) is 0 Å². The van der Waals surface area contributed by atoms with E-state index >= 15 is 0 Å². The molecule has 2 saturated heterocycles. The lowest BCUT2D eigenvalue weighted by atomic mass is 9.95. The summed E-state index contributed by atoms with van der Waals surface area (Å²) in [6.45, 7) is 3.25. The van der Waals surface area contributed by atoms with Gasteiger partial charge in [0.2, 0.25) is 5.91 Å². The second kappa shape index (κ2) is 4.28. The van der Waals surface area contributed by atoms with E-state index in [2.05, 4.69) is 10.2 Å². The average molecular weight is 197 g/mol. The van der Waals surface area contributed by atoms with Gasteiger partial charge in [-0.05, 0) is 38.8 Å². The lowest BCUT2D eigenvalue weighted by Crippen LogP contribution is -2.58. The molecule has 4 heteroatoms. The zero-order valence-electron chi connectivity index (χ0n) is 8.54. The van der Waals surface area contributed by atoms with Gasteiger partial charge in [-0.25, -0.2) is 0 Å². The van der Waals surface area contributed by atoms with Gasteiger partial charge in [-0.2, -0.15) is 0 Å². The van der Waals surface area contributed by atoms with Gasteiger partial charge in [0.25, 0.3) is 0 Å². The van der Waals surface area contributed by atoms with Gasteiger partial charge < -0.3 is 11.1 Å². The summed E-state index contributed by atoms with van der Waals surface area (Å²) >= 11 is 0. The highest BCUT2D eigenvalue weighted by Crippen LogP contribution is 2.25. The molecule has 2 heterocycles. The number of rotatable bonds is 2. The highest BCUT2D eigenvalue weighted by Gasteiger charge is 2.37. The number of carbonyl (C=O) groups excluding carboxylic acids is 1. The van der Waals surface area contributed by atoms with Crippen LogP contribution >= 0.6 is 0 Å². The van der Waals surface area contributed by atoms with Crippen LogP contribution in [-0.4, -0.2) is 42.5 Å². The topological polar surface area (TPSA) is 58.4 Å². The third-order valence-electron chi connectivity index (χ3n) is 3.40. The third-order valence-corrected chi connectivity index (χ3v) is 3.40. The standard InChI is InChI=1S/C10H19N3O/c11-10(14)9-4-7-13(9)8-2-1-5-12-6-3-8/h8-9,12H,1-7H2,(H2,11,14). The van der Waals surface area contributed by atoms with E-state index in [0.29, 0.717) is 6.04 Å². The minimum Gasteiger partial charge on any atom is -0.368 e. The molecule has 1 amide bonds. The minimum atomic E-state index is -0.145. The molecule has 2 unspecified atom stereocenters. The van der Waals surface area contributed by atoms with Crippen molar-refractivity contribution in [2.24, 2.45) is 5.73 Å². The van der Waals surface area contributed by atoms with Crippen LogP contribution < -0.4 is 11.1 Å². The monoisotopic (exact) mass is 197 g/mol. The summed E-state index contributed by atoms with van der Waals surface area (Å²) in [4.78, 5) is 13.4. The zero-order chi connectivity index (χ0) is 9.97. The first-order valence-corrected chi connectivity index (χ1v) is 5.55. The fraction of sp³-hybridized carbons (Fsp3) is 0.900. The van der Waals surface area contributed by atoms with Crippen molar-refractivity contribution in [3.05, 3.63) is 0 Å². The van der Waals surface area contributed by atoms with Crippen molar-refractivity contribution in [2.75, 3.05) is 19.6 Å². The smallest absolute Gasteiger partial charge is 0.234 e. The van der Waals surface area contributed by atoms with Crippen molar-refractivity contribution in [3.63, 3.8) is 0 Å². The molecule has 2 atom stereocenters. The summed E-state index contributed by atoms with van der Waals surface area (Å²) in [7, 11) is 0. The number of carbonyl (C=O) groups is 1. The molecular formula is C10H19N3O. The molecule has 0 aromatic rings. The molecule has 80 valence electrons. The summed E-state index contributed by atoms with van der Waals surface area (Å²) in [5.41, 5.74) is 5.34. The first-order valence-electron chi connectivity index (χ1n) is 5.55. The van der Waals surface area contributed by atoms with Crippen LogP contribution in [-0.2, 0) is 4.79 Å². The second-order valence-electron chi connectivity index (χ2n) is 4.28. The highest BCUT2D eigenvalue weighted by molar-refractivity contribution is 5.80. The van der Waals surface area contributed by atoms with Crippen LogP contribution in [0.1, 0.15) is 25.7 Å². The van der Waals surface area contributed by atoms with Gasteiger partial charge in [-0.15, -0.1) is 0 Å². The van der Waals surface area contributed by atoms with E-state index in [1.807, 2.05) is 0 Å². The number of nitrogens with one attached hydrogen (secondary N) is 1. The number of amides is 1. The summed E-state index contributed by atoms with van der Waals surface area (Å²) in [5.74, 6) is -0.145. The van der Waals surface area contributed by atoms with Crippen LogP contribution in [0, 0.1) is 0 Å². The maximum absolute atomic E-state index is 11.1. The van der Waals surface area contributed by atoms with Crippen LogP contribution in [0.4, 0.5) is 0 Å². The molecule has 4 nitrogen and oxygen atoms in total. The number of nitrogens with zero attached hydrogens (tertiary/aromatic N) is 1. The summed E-state index contributed by atoms with van der Waals surface area (Å²) < 4.78 is 0. The first-order chi connectivity index (χ1) is 6.79.